The summed E-state index contributed by atoms with van der Waals surface area (Å²) in [5.41, 5.74) is 0.227. The van der Waals surface area contributed by atoms with Gasteiger partial charge in [-0.1, -0.05) is 0 Å². The summed E-state index contributed by atoms with van der Waals surface area (Å²) in [4.78, 5) is 12.1. The molecule has 2 fully saturated rings. The highest BCUT2D eigenvalue weighted by Gasteiger charge is 2.41. The fourth-order valence-corrected chi connectivity index (χ4v) is 3.09. The standard InChI is InChI=1S/C16H20F2N2O4/c17-14(18)24-13-3-1-11(2-4-13)19-15(21)20-12-5-7-23-16(9-12)6-8-22-10-16/h1-4,12,14H,5-10H2,(H2,19,20,21). The normalized spacial score (nSPS) is 26.5. The Labute approximate surface area is 138 Å². The molecule has 2 aliphatic heterocycles. The summed E-state index contributed by atoms with van der Waals surface area (Å²) in [7, 11) is 0. The number of rotatable bonds is 4. The van der Waals surface area contributed by atoms with Gasteiger partial charge in [-0.25, -0.2) is 4.79 Å². The Hall–Kier alpha value is -1.93. The lowest BCUT2D eigenvalue weighted by Crippen LogP contribution is -2.49. The van der Waals surface area contributed by atoms with Crippen molar-refractivity contribution in [3.63, 3.8) is 0 Å². The molecule has 8 heteroatoms. The van der Waals surface area contributed by atoms with Crippen LogP contribution in [0.1, 0.15) is 19.3 Å². The first-order chi connectivity index (χ1) is 11.5. The van der Waals surface area contributed by atoms with Crippen LogP contribution < -0.4 is 15.4 Å². The first kappa shape index (κ1) is 16.9. The maximum atomic E-state index is 12.1. The van der Waals surface area contributed by atoms with Gasteiger partial charge in [-0.05, 0) is 37.1 Å². The molecule has 2 unspecified atom stereocenters. The largest absolute Gasteiger partial charge is 0.435 e. The summed E-state index contributed by atoms with van der Waals surface area (Å²) in [6.07, 6.45) is 2.32. The van der Waals surface area contributed by atoms with Crippen molar-refractivity contribution in [2.75, 3.05) is 25.1 Å². The number of nitrogens with one attached hydrogen (secondary N) is 2. The minimum Gasteiger partial charge on any atom is -0.435 e. The lowest BCUT2D eigenvalue weighted by atomic mass is 9.90. The summed E-state index contributed by atoms with van der Waals surface area (Å²) < 4.78 is 39.7. The van der Waals surface area contributed by atoms with Gasteiger partial charge in [-0.2, -0.15) is 8.78 Å². The van der Waals surface area contributed by atoms with Crippen LogP contribution in [-0.2, 0) is 9.47 Å². The van der Waals surface area contributed by atoms with Crippen LogP contribution in [0.2, 0.25) is 0 Å². The van der Waals surface area contributed by atoms with Crippen molar-refractivity contribution in [2.24, 2.45) is 0 Å². The quantitative estimate of drug-likeness (QED) is 0.883. The molecule has 0 radical (unpaired) electrons. The van der Waals surface area contributed by atoms with Gasteiger partial charge in [0.05, 0.1) is 12.2 Å². The highest BCUT2D eigenvalue weighted by Crippen LogP contribution is 2.32. The van der Waals surface area contributed by atoms with E-state index in [-0.39, 0.29) is 23.4 Å². The van der Waals surface area contributed by atoms with Crippen LogP contribution in [0.25, 0.3) is 0 Å². The molecule has 2 amide bonds. The molecule has 0 aliphatic carbocycles. The van der Waals surface area contributed by atoms with Crippen molar-refractivity contribution >= 4 is 11.7 Å². The number of ether oxygens (including phenoxy) is 3. The van der Waals surface area contributed by atoms with E-state index in [0.29, 0.717) is 25.5 Å². The van der Waals surface area contributed by atoms with Crippen molar-refractivity contribution in [1.29, 1.82) is 0 Å². The summed E-state index contributed by atoms with van der Waals surface area (Å²) in [5, 5.41) is 5.61. The van der Waals surface area contributed by atoms with E-state index in [0.717, 1.165) is 19.3 Å². The van der Waals surface area contributed by atoms with Crippen LogP contribution in [0.3, 0.4) is 0 Å². The molecule has 2 N–H and O–H groups in total. The molecule has 0 saturated carbocycles. The van der Waals surface area contributed by atoms with Crippen LogP contribution in [0.15, 0.2) is 24.3 Å². The maximum absolute atomic E-state index is 12.1. The van der Waals surface area contributed by atoms with Gasteiger partial charge in [0, 0.05) is 31.4 Å². The molecule has 24 heavy (non-hydrogen) atoms. The number of benzene rings is 1. The predicted molar refractivity (Wildman–Crippen MR) is 82.4 cm³/mol. The van der Waals surface area contributed by atoms with Crippen LogP contribution in [0, 0.1) is 0 Å². The zero-order valence-electron chi connectivity index (χ0n) is 13.1. The Bertz CT molecular complexity index is 562. The molecule has 1 aromatic carbocycles. The fraction of sp³-hybridized carbons (Fsp3) is 0.562. The van der Waals surface area contributed by atoms with Gasteiger partial charge in [0.2, 0.25) is 0 Å². The first-order valence-electron chi connectivity index (χ1n) is 7.89. The van der Waals surface area contributed by atoms with Gasteiger partial charge < -0.3 is 24.8 Å². The predicted octanol–water partition coefficient (Wildman–Crippen LogP) is 2.75. The third-order valence-electron chi connectivity index (χ3n) is 4.23. The average Bonchev–Trinajstić information content (AvgIpc) is 2.96. The van der Waals surface area contributed by atoms with Gasteiger partial charge in [-0.3, -0.25) is 0 Å². The maximum Gasteiger partial charge on any atom is 0.387 e. The van der Waals surface area contributed by atoms with Gasteiger partial charge >= 0.3 is 12.6 Å². The Morgan fingerprint density at radius 2 is 2.08 bits per heavy atom. The molecular formula is C16H20F2N2O4. The molecule has 1 aromatic rings. The second kappa shape index (κ2) is 7.31. The number of carbonyl (C=O) groups excluding carboxylic acids is 1. The number of urea groups is 1. The van der Waals surface area contributed by atoms with Crippen LogP contribution >= 0.6 is 0 Å². The Morgan fingerprint density at radius 3 is 2.75 bits per heavy atom. The topological polar surface area (TPSA) is 68.8 Å². The Kier molecular flexibility index (Phi) is 5.15. The molecule has 132 valence electrons. The van der Waals surface area contributed by atoms with Crippen molar-refractivity contribution < 1.29 is 27.8 Å². The lowest BCUT2D eigenvalue weighted by Gasteiger charge is -2.37. The van der Waals surface area contributed by atoms with Crippen LogP contribution in [-0.4, -0.2) is 44.1 Å². The number of hydrogen-bond acceptors (Lipinski definition) is 4. The highest BCUT2D eigenvalue weighted by atomic mass is 19.3. The molecule has 1 spiro atoms. The number of halogens is 2. The summed E-state index contributed by atoms with van der Waals surface area (Å²) in [6.45, 7) is -1.02. The van der Waals surface area contributed by atoms with Gasteiger partial charge in [0.15, 0.2) is 0 Å². The van der Waals surface area contributed by atoms with Crippen molar-refractivity contribution in [1.82, 2.24) is 5.32 Å². The molecule has 2 atom stereocenters. The third kappa shape index (κ3) is 4.33. The summed E-state index contributed by atoms with van der Waals surface area (Å²) in [5.74, 6) is 0.0450. The molecular weight excluding hydrogens is 322 g/mol. The van der Waals surface area contributed by atoms with E-state index >= 15 is 0 Å². The second-order valence-corrected chi connectivity index (χ2v) is 6.03. The molecule has 0 aromatic heterocycles. The highest BCUT2D eigenvalue weighted by molar-refractivity contribution is 5.89. The number of amides is 2. The van der Waals surface area contributed by atoms with E-state index in [9.17, 15) is 13.6 Å². The van der Waals surface area contributed by atoms with Crippen molar-refractivity contribution in [2.45, 2.75) is 37.5 Å². The van der Waals surface area contributed by atoms with E-state index < -0.39 is 6.61 Å². The van der Waals surface area contributed by atoms with Gasteiger partial charge in [0.25, 0.3) is 0 Å². The van der Waals surface area contributed by atoms with Crippen LogP contribution in [0.5, 0.6) is 5.75 Å². The third-order valence-corrected chi connectivity index (χ3v) is 4.23. The summed E-state index contributed by atoms with van der Waals surface area (Å²) in [6, 6.07) is 5.45. The van der Waals surface area contributed by atoms with E-state index in [1.165, 1.54) is 24.3 Å². The summed E-state index contributed by atoms with van der Waals surface area (Å²) >= 11 is 0. The first-order valence-corrected chi connectivity index (χ1v) is 7.89. The van der Waals surface area contributed by atoms with Crippen LogP contribution in [0.4, 0.5) is 19.3 Å². The molecule has 3 rings (SSSR count). The fourth-order valence-electron chi connectivity index (χ4n) is 3.09. The molecule has 2 aliphatic rings. The SMILES string of the molecule is O=C(Nc1ccc(OC(F)F)cc1)NC1CCOC2(CCOC2)C1. The number of carbonyl (C=O) groups is 1. The molecule has 0 bridgehead atoms. The van der Waals surface area contributed by atoms with Gasteiger partial charge in [0.1, 0.15) is 5.75 Å². The van der Waals surface area contributed by atoms with E-state index in [4.69, 9.17) is 9.47 Å². The lowest BCUT2D eigenvalue weighted by molar-refractivity contribution is -0.0877. The average molecular weight is 342 g/mol. The van der Waals surface area contributed by atoms with Crippen molar-refractivity contribution in [3.05, 3.63) is 24.3 Å². The second-order valence-electron chi connectivity index (χ2n) is 6.03. The Balaban J connectivity index is 1.50. The Morgan fingerprint density at radius 1 is 1.29 bits per heavy atom. The zero-order valence-corrected chi connectivity index (χ0v) is 13.1. The number of alkyl halides is 2. The molecule has 2 saturated heterocycles. The smallest absolute Gasteiger partial charge is 0.387 e. The number of hydrogen-bond donors (Lipinski definition) is 2. The minimum absolute atomic E-state index is 0.0156. The monoisotopic (exact) mass is 342 g/mol. The minimum atomic E-state index is -2.87. The van der Waals surface area contributed by atoms with E-state index in [1.54, 1.807) is 0 Å². The molecule has 6 nitrogen and oxygen atoms in total. The van der Waals surface area contributed by atoms with E-state index in [1.807, 2.05) is 0 Å². The molecule has 2 heterocycles. The zero-order chi connectivity index (χ0) is 17.0. The number of anilines is 1. The van der Waals surface area contributed by atoms with E-state index in [2.05, 4.69) is 15.4 Å². The van der Waals surface area contributed by atoms with Gasteiger partial charge in [-0.15, -0.1) is 0 Å². The van der Waals surface area contributed by atoms with Crippen molar-refractivity contribution in [3.8, 4) is 5.75 Å².